The van der Waals surface area contributed by atoms with Crippen molar-refractivity contribution in [2.24, 2.45) is 0 Å². The van der Waals surface area contributed by atoms with E-state index in [1.165, 1.54) is 6.07 Å². The maximum Gasteiger partial charge on any atom is 0.182 e. The Morgan fingerprint density at radius 2 is 2.11 bits per heavy atom. The van der Waals surface area contributed by atoms with E-state index in [0.29, 0.717) is 12.2 Å². The van der Waals surface area contributed by atoms with Gasteiger partial charge in [0.1, 0.15) is 5.82 Å². The molecule has 1 N–H and O–H groups in total. The highest BCUT2D eigenvalue weighted by Crippen LogP contribution is 2.24. The van der Waals surface area contributed by atoms with Gasteiger partial charge in [-0.05, 0) is 26.0 Å². The van der Waals surface area contributed by atoms with Crippen LogP contribution >= 0.6 is 11.3 Å². The van der Waals surface area contributed by atoms with Crippen LogP contribution in [0.15, 0.2) is 30.5 Å². The number of aromatic nitrogens is 1. The molecule has 19 heavy (non-hydrogen) atoms. The van der Waals surface area contributed by atoms with E-state index in [1.807, 2.05) is 37.1 Å². The van der Waals surface area contributed by atoms with Crippen LogP contribution in [0.2, 0.25) is 0 Å². The zero-order valence-corrected chi connectivity index (χ0v) is 12.0. The third-order valence-corrected chi connectivity index (χ3v) is 3.74. The third kappa shape index (κ3) is 3.44. The minimum absolute atomic E-state index is 0.180. The number of rotatable bonds is 6. The van der Waals surface area contributed by atoms with Crippen LogP contribution in [0, 0.1) is 5.82 Å². The van der Waals surface area contributed by atoms with Crippen molar-refractivity contribution in [1.29, 1.82) is 0 Å². The average molecular weight is 279 g/mol. The maximum absolute atomic E-state index is 13.8. The number of benzene rings is 1. The highest BCUT2D eigenvalue weighted by Gasteiger charge is 2.11. The maximum atomic E-state index is 13.8. The Balaban J connectivity index is 2.12. The third-order valence-electron chi connectivity index (χ3n) is 2.80. The lowest BCUT2D eigenvalue weighted by atomic mass is 10.2. The summed E-state index contributed by atoms with van der Waals surface area (Å²) in [6.07, 6.45) is 1.85. The molecule has 0 aliphatic heterocycles. The fourth-order valence-electron chi connectivity index (χ4n) is 1.88. The van der Waals surface area contributed by atoms with Crippen molar-refractivity contribution < 1.29 is 4.39 Å². The van der Waals surface area contributed by atoms with Crippen molar-refractivity contribution in [2.45, 2.75) is 20.4 Å². The summed E-state index contributed by atoms with van der Waals surface area (Å²) in [7, 11) is 0. The Bertz CT molecular complexity index is 527. The predicted molar refractivity (Wildman–Crippen MR) is 79.4 cm³/mol. The van der Waals surface area contributed by atoms with Gasteiger partial charge in [0.25, 0.3) is 0 Å². The van der Waals surface area contributed by atoms with Gasteiger partial charge in [0.2, 0.25) is 0 Å². The lowest BCUT2D eigenvalue weighted by Crippen LogP contribution is -2.22. The van der Waals surface area contributed by atoms with E-state index >= 15 is 0 Å². The molecule has 0 saturated heterocycles. The molecule has 2 aromatic rings. The summed E-state index contributed by atoms with van der Waals surface area (Å²) in [5.74, 6) is -0.180. The van der Waals surface area contributed by atoms with Gasteiger partial charge in [-0.1, -0.05) is 12.1 Å². The van der Waals surface area contributed by atoms with Crippen molar-refractivity contribution in [2.75, 3.05) is 23.3 Å². The van der Waals surface area contributed by atoms with E-state index in [9.17, 15) is 4.39 Å². The van der Waals surface area contributed by atoms with E-state index in [0.717, 1.165) is 23.1 Å². The number of nitrogens with zero attached hydrogens (tertiary/aromatic N) is 2. The standard InChI is InChI=1S/C14H18FN3S/c1-3-16-14-17-9-11(19-14)10-18(4-2)13-8-6-5-7-12(13)15/h5-9H,3-4,10H2,1-2H3,(H,16,17). The molecule has 0 unspecified atom stereocenters. The summed E-state index contributed by atoms with van der Waals surface area (Å²) >= 11 is 1.62. The van der Waals surface area contributed by atoms with Gasteiger partial charge in [-0.15, -0.1) is 11.3 Å². The molecule has 1 aromatic heterocycles. The van der Waals surface area contributed by atoms with Crippen molar-refractivity contribution in [3.63, 3.8) is 0 Å². The Morgan fingerprint density at radius 1 is 1.32 bits per heavy atom. The van der Waals surface area contributed by atoms with Gasteiger partial charge < -0.3 is 10.2 Å². The Morgan fingerprint density at radius 3 is 2.79 bits per heavy atom. The second-order valence-electron chi connectivity index (χ2n) is 4.13. The SMILES string of the molecule is CCNc1ncc(CN(CC)c2ccccc2F)s1. The fraction of sp³-hybridized carbons (Fsp3) is 0.357. The molecular formula is C14H18FN3S. The highest BCUT2D eigenvalue weighted by atomic mass is 32.1. The van der Waals surface area contributed by atoms with E-state index in [4.69, 9.17) is 0 Å². The van der Waals surface area contributed by atoms with Crippen LogP contribution < -0.4 is 10.2 Å². The zero-order valence-electron chi connectivity index (χ0n) is 11.2. The first-order chi connectivity index (χ1) is 9.24. The molecule has 5 heteroatoms. The van der Waals surface area contributed by atoms with Crippen LogP contribution in [0.3, 0.4) is 0 Å². The molecule has 0 saturated carbocycles. The lowest BCUT2D eigenvalue weighted by Gasteiger charge is -2.22. The van der Waals surface area contributed by atoms with Gasteiger partial charge in [0.15, 0.2) is 5.13 Å². The molecule has 1 aromatic carbocycles. The van der Waals surface area contributed by atoms with Crippen LogP contribution in [0.5, 0.6) is 0 Å². The predicted octanol–water partition coefficient (Wildman–Crippen LogP) is 3.74. The lowest BCUT2D eigenvalue weighted by molar-refractivity contribution is 0.618. The smallest absolute Gasteiger partial charge is 0.182 e. The minimum atomic E-state index is -0.180. The molecule has 0 spiro atoms. The number of nitrogens with one attached hydrogen (secondary N) is 1. The topological polar surface area (TPSA) is 28.2 Å². The molecular weight excluding hydrogens is 261 g/mol. The first kappa shape index (κ1) is 13.8. The number of halogens is 1. The minimum Gasteiger partial charge on any atom is -0.364 e. The number of hydrogen-bond donors (Lipinski definition) is 1. The molecule has 0 bridgehead atoms. The number of anilines is 2. The number of para-hydroxylation sites is 1. The van der Waals surface area contributed by atoms with Gasteiger partial charge >= 0.3 is 0 Å². The number of thiazole rings is 1. The van der Waals surface area contributed by atoms with E-state index in [-0.39, 0.29) is 5.82 Å². The van der Waals surface area contributed by atoms with E-state index in [1.54, 1.807) is 17.4 Å². The van der Waals surface area contributed by atoms with Gasteiger partial charge in [0, 0.05) is 24.2 Å². The van der Waals surface area contributed by atoms with Crippen LogP contribution in [0.25, 0.3) is 0 Å². The quantitative estimate of drug-likeness (QED) is 0.873. The molecule has 102 valence electrons. The number of hydrogen-bond acceptors (Lipinski definition) is 4. The van der Waals surface area contributed by atoms with Gasteiger partial charge in [-0.25, -0.2) is 9.37 Å². The summed E-state index contributed by atoms with van der Waals surface area (Å²) < 4.78 is 13.8. The molecule has 0 fully saturated rings. The summed E-state index contributed by atoms with van der Waals surface area (Å²) in [5, 5.41) is 4.10. The normalized spacial score (nSPS) is 10.5. The van der Waals surface area contributed by atoms with E-state index < -0.39 is 0 Å². The molecule has 0 aliphatic carbocycles. The first-order valence-corrected chi connectivity index (χ1v) is 7.24. The van der Waals surface area contributed by atoms with Crippen molar-refractivity contribution in [3.8, 4) is 0 Å². The van der Waals surface area contributed by atoms with Crippen LogP contribution in [-0.4, -0.2) is 18.1 Å². The highest BCUT2D eigenvalue weighted by molar-refractivity contribution is 7.15. The Hall–Kier alpha value is -1.62. The largest absolute Gasteiger partial charge is 0.364 e. The summed E-state index contributed by atoms with van der Waals surface area (Å²) in [6.45, 7) is 6.37. The second-order valence-corrected chi connectivity index (χ2v) is 5.24. The van der Waals surface area contributed by atoms with Gasteiger partial charge in [-0.3, -0.25) is 0 Å². The van der Waals surface area contributed by atoms with Gasteiger partial charge in [-0.2, -0.15) is 0 Å². The molecule has 0 amide bonds. The molecule has 0 radical (unpaired) electrons. The molecule has 0 aliphatic rings. The van der Waals surface area contributed by atoms with Crippen LogP contribution in [0.4, 0.5) is 15.2 Å². The Kier molecular flexibility index (Phi) is 4.74. The monoisotopic (exact) mass is 279 g/mol. The summed E-state index contributed by atoms with van der Waals surface area (Å²) in [6, 6.07) is 6.88. The second kappa shape index (κ2) is 6.52. The van der Waals surface area contributed by atoms with Crippen molar-refractivity contribution in [3.05, 3.63) is 41.2 Å². The van der Waals surface area contributed by atoms with Crippen LogP contribution in [0.1, 0.15) is 18.7 Å². The molecule has 2 rings (SSSR count). The molecule has 3 nitrogen and oxygen atoms in total. The zero-order chi connectivity index (χ0) is 13.7. The van der Waals surface area contributed by atoms with Crippen molar-refractivity contribution >= 4 is 22.2 Å². The fourth-order valence-corrected chi connectivity index (χ4v) is 2.77. The summed E-state index contributed by atoms with van der Waals surface area (Å²) in [5.41, 5.74) is 0.642. The average Bonchev–Trinajstić information content (AvgIpc) is 2.85. The van der Waals surface area contributed by atoms with Gasteiger partial charge in [0.05, 0.1) is 12.2 Å². The molecule has 0 atom stereocenters. The van der Waals surface area contributed by atoms with Crippen molar-refractivity contribution in [1.82, 2.24) is 4.98 Å². The molecule has 1 heterocycles. The van der Waals surface area contributed by atoms with E-state index in [2.05, 4.69) is 10.3 Å². The van der Waals surface area contributed by atoms with Crippen LogP contribution in [-0.2, 0) is 6.54 Å². The Labute approximate surface area is 117 Å². The summed E-state index contributed by atoms with van der Waals surface area (Å²) in [4.78, 5) is 7.43. The first-order valence-electron chi connectivity index (χ1n) is 6.42.